The average Bonchev–Trinajstić information content (AvgIpc) is 3.49. The first-order valence-electron chi connectivity index (χ1n) is 10.6. The van der Waals surface area contributed by atoms with Crippen LogP contribution in [-0.2, 0) is 4.79 Å². The fourth-order valence-electron chi connectivity index (χ4n) is 4.86. The summed E-state index contributed by atoms with van der Waals surface area (Å²) in [5, 5.41) is 7.55. The Morgan fingerprint density at radius 3 is 2.76 bits per heavy atom. The molecular weight excluding hydrogens is 368 g/mol. The highest BCUT2D eigenvalue weighted by Crippen LogP contribution is 2.32. The molecule has 1 aromatic carbocycles. The van der Waals surface area contributed by atoms with Crippen molar-refractivity contribution in [2.45, 2.75) is 50.6 Å². The molecule has 2 atom stereocenters. The minimum Gasteiger partial charge on any atom is -0.497 e. The second-order valence-corrected chi connectivity index (χ2v) is 8.04. The van der Waals surface area contributed by atoms with E-state index in [1.807, 2.05) is 28.9 Å². The summed E-state index contributed by atoms with van der Waals surface area (Å²) >= 11 is 0. The van der Waals surface area contributed by atoms with Crippen LogP contribution >= 0.6 is 0 Å². The predicted octanol–water partition coefficient (Wildman–Crippen LogP) is 2.37. The minimum absolute atomic E-state index is 0.0357. The summed E-state index contributed by atoms with van der Waals surface area (Å²) in [6, 6.07) is 8.44. The summed E-state index contributed by atoms with van der Waals surface area (Å²) in [5.41, 5.74) is 1.11. The van der Waals surface area contributed by atoms with Crippen LogP contribution in [0.4, 0.5) is 5.82 Å². The van der Waals surface area contributed by atoms with Crippen LogP contribution in [0.15, 0.2) is 30.5 Å². The molecule has 7 nitrogen and oxygen atoms in total. The van der Waals surface area contributed by atoms with Gasteiger partial charge in [-0.15, -0.1) is 0 Å². The Morgan fingerprint density at radius 2 is 2.00 bits per heavy atom. The van der Waals surface area contributed by atoms with Gasteiger partial charge in [0.05, 0.1) is 38.6 Å². The van der Waals surface area contributed by atoms with E-state index in [1.54, 1.807) is 20.4 Å². The molecular formula is C22H31N4O3+. The van der Waals surface area contributed by atoms with Crippen LogP contribution in [0.25, 0.3) is 0 Å². The number of carbonyl (C=O) groups excluding carboxylic acids is 1. The van der Waals surface area contributed by atoms with Crippen LogP contribution in [0, 0.1) is 0 Å². The molecule has 1 amide bonds. The number of nitrogens with one attached hydrogen (secondary N) is 2. The summed E-state index contributed by atoms with van der Waals surface area (Å²) in [6.07, 6.45) is 8.65. The number of benzene rings is 1. The van der Waals surface area contributed by atoms with Gasteiger partial charge in [-0.2, -0.15) is 5.10 Å². The Labute approximate surface area is 172 Å². The molecule has 2 fully saturated rings. The summed E-state index contributed by atoms with van der Waals surface area (Å²) in [7, 11) is 3.36. The topological polar surface area (TPSA) is 69.8 Å². The highest BCUT2D eigenvalue weighted by molar-refractivity contribution is 5.90. The molecule has 2 aliphatic rings. The SMILES string of the molecule is COc1ccc(OC)c([C@H]2CCC[NH+]2CC(=O)Nc2ccnn2C2CCCC2)c1. The van der Waals surface area contributed by atoms with Crippen molar-refractivity contribution in [2.75, 3.05) is 32.6 Å². The number of anilines is 1. The van der Waals surface area contributed by atoms with Crippen LogP contribution in [-0.4, -0.2) is 43.0 Å². The molecule has 2 heterocycles. The van der Waals surface area contributed by atoms with Gasteiger partial charge in [-0.1, -0.05) is 12.8 Å². The Balaban J connectivity index is 1.45. The molecule has 1 aromatic heterocycles. The third-order valence-corrected chi connectivity index (χ3v) is 6.29. The Morgan fingerprint density at radius 1 is 1.17 bits per heavy atom. The maximum Gasteiger partial charge on any atom is 0.280 e. The van der Waals surface area contributed by atoms with E-state index in [4.69, 9.17) is 9.47 Å². The molecule has 2 aromatic rings. The van der Waals surface area contributed by atoms with Crippen LogP contribution in [0.5, 0.6) is 11.5 Å². The molecule has 156 valence electrons. The lowest BCUT2D eigenvalue weighted by Gasteiger charge is -2.23. The summed E-state index contributed by atoms with van der Waals surface area (Å²) in [6.45, 7) is 1.40. The van der Waals surface area contributed by atoms with Gasteiger partial charge in [0.25, 0.3) is 5.91 Å². The number of hydrogen-bond acceptors (Lipinski definition) is 4. The fourth-order valence-corrected chi connectivity index (χ4v) is 4.86. The molecule has 1 aliphatic carbocycles. The molecule has 1 unspecified atom stereocenters. The Bertz CT molecular complexity index is 844. The lowest BCUT2D eigenvalue weighted by Crippen LogP contribution is -3.11. The number of ether oxygens (including phenoxy) is 2. The van der Waals surface area contributed by atoms with Crippen molar-refractivity contribution >= 4 is 11.7 Å². The number of aromatic nitrogens is 2. The third-order valence-electron chi connectivity index (χ3n) is 6.29. The largest absolute Gasteiger partial charge is 0.497 e. The van der Waals surface area contributed by atoms with Crippen molar-refractivity contribution in [3.8, 4) is 11.5 Å². The summed E-state index contributed by atoms with van der Waals surface area (Å²) in [4.78, 5) is 14.1. The Kier molecular flexibility index (Phi) is 6.04. The van der Waals surface area contributed by atoms with Crippen LogP contribution in [0.2, 0.25) is 0 Å². The number of nitrogens with zero attached hydrogens (tertiary/aromatic N) is 2. The van der Waals surface area contributed by atoms with Crippen molar-refractivity contribution in [3.05, 3.63) is 36.0 Å². The van der Waals surface area contributed by atoms with Crippen molar-refractivity contribution in [2.24, 2.45) is 0 Å². The van der Waals surface area contributed by atoms with E-state index in [0.29, 0.717) is 12.6 Å². The minimum atomic E-state index is 0.0357. The number of quaternary nitrogens is 1. The van der Waals surface area contributed by atoms with Crippen LogP contribution in [0.3, 0.4) is 0 Å². The molecule has 7 heteroatoms. The zero-order valence-corrected chi connectivity index (χ0v) is 17.3. The van der Waals surface area contributed by atoms with Gasteiger partial charge < -0.3 is 19.7 Å². The average molecular weight is 400 g/mol. The second kappa shape index (κ2) is 8.86. The van der Waals surface area contributed by atoms with E-state index < -0.39 is 0 Å². The number of amides is 1. The lowest BCUT2D eigenvalue weighted by molar-refractivity contribution is -0.910. The monoisotopic (exact) mass is 399 g/mol. The first-order chi connectivity index (χ1) is 14.2. The Hall–Kier alpha value is -2.54. The van der Waals surface area contributed by atoms with Gasteiger partial charge in [-0.05, 0) is 31.0 Å². The van der Waals surface area contributed by atoms with E-state index in [-0.39, 0.29) is 11.9 Å². The summed E-state index contributed by atoms with van der Waals surface area (Å²) < 4.78 is 13.0. The standard InChI is InChI=1S/C22H30N4O3/c1-28-17-9-10-20(29-2)18(14-17)19-8-5-13-25(19)15-22(27)24-21-11-12-23-26(21)16-6-3-4-7-16/h9-12,14,16,19H,3-8,13,15H2,1-2H3,(H,24,27)/p+1/t19-/m1/s1. The molecule has 4 rings (SSSR count). The zero-order chi connectivity index (χ0) is 20.2. The maximum absolute atomic E-state index is 12.9. The molecule has 1 aliphatic heterocycles. The quantitative estimate of drug-likeness (QED) is 0.750. The number of methoxy groups -OCH3 is 2. The molecule has 0 bridgehead atoms. The van der Waals surface area contributed by atoms with Crippen molar-refractivity contribution in [1.82, 2.24) is 9.78 Å². The predicted molar refractivity (Wildman–Crippen MR) is 111 cm³/mol. The van der Waals surface area contributed by atoms with Crippen molar-refractivity contribution in [3.63, 3.8) is 0 Å². The first kappa shape index (κ1) is 19.8. The van der Waals surface area contributed by atoms with E-state index in [9.17, 15) is 4.79 Å². The van der Waals surface area contributed by atoms with Gasteiger partial charge >= 0.3 is 0 Å². The number of hydrogen-bond donors (Lipinski definition) is 2. The van der Waals surface area contributed by atoms with E-state index in [0.717, 1.165) is 55.1 Å². The summed E-state index contributed by atoms with van der Waals surface area (Å²) in [5.74, 6) is 2.52. The fraction of sp³-hybridized carbons (Fsp3) is 0.545. The molecule has 1 saturated carbocycles. The van der Waals surface area contributed by atoms with Crippen LogP contribution < -0.4 is 19.7 Å². The molecule has 0 radical (unpaired) electrons. The van der Waals surface area contributed by atoms with Gasteiger partial charge in [0.2, 0.25) is 0 Å². The lowest BCUT2D eigenvalue weighted by atomic mass is 10.0. The van der Waals surface area contributed by atoms with Gasteiger partial charge in [0.1, 0.15) is 23.4 Å². The van der Waals surface area contributed by atoms with E-state index in [1.165, 1.54) is 17.7 Å². The zero-order valence-electron chi connectivity index (χ0n) is 17.3. The number of rotatable bonds is 7. The normalized spacial score (nSPS) is 22.0. The second-order valence-electron chi connectivity index (χ2n) is 8.04. The van der Waals surface area contributed by atoms with Gasteiger partial charge in [0.15, 0.2) is 6.54 Å². The van der Waals surface area contributed by atoms with E-state index >= 15 is 0 Å². The van der Waals surface area contributed by atoms with Gasteiger partial charge in [-0.25, -0.2) is 4.68 Å². The van der Waals surface area contributed by atoms with Crippen LogP contribution in [0.1, 0.15) is 56.2 Å². The molecule has 0 spiro atoms. The van der Waals surface area contributed by atoms with Crippen molar-refractivity contribution < 1.29 is 19.2 Å². The van der Waals surface area contributed by atoms with Gasteiger partial charge in [-0.3, -0.25) is 4.79 Å². The smallest absolute Gasteiger partial charge is 0.280 e. The molecule has 29 heavy (non-hydrogen) atoms. The number of carbonyl (C=O) groups is 1. The third kappa shape index (κ3) is 4.24. The highest BCUT2D eigenvalue weighted by atomic mass is 16.5. The van der Waals surface area contributed by atoms with Crippen molar-refractivity contribution in [1.29, 1.82) is 0 Å². The molecule has 1 saturated heterocycles. The van der Waals surface area contributed by atoms with Gasteiger partial charge in [0, 0.05) is 18.9 Å². The van der Waals surface area contributed by atoms with E-state index in [2.05, 4.69) is 10.4 Å². The number of likely N-dealkylation sites (tertiary alicyclic amines) is 1. The maximum atomic E-state index is 12.9. The highest BCUT2D eigenvalue weighted by Gasteiger charge is 2.34. The molecule has 2 N–H and O–H groups in total. The first-order valence-corrected chi connectivity index (χ1v) is 10.6.